The van der Waals surface area contributed by atoms with E-state index in [1.807, 2.05) is 0 Å². The third-order valence-corrected chi connectivity index (χ3v) is 6.49. The van der Waals surface area contributed by atoms with Crippen molar-refractivity contribution in [1.29, 1.82) is 0 Å². The Hall–Kier alpha value is -0.240. The van der Waals surface area contributed by atoms with Crippen molar-refractivity contribution in [2.45, 2.75) is 71.8 Å². The largest absolute Gasteiger partial charge is 0.352 e. The lowest BCUT2D eigenvalue weighted by Crippen LogP contribution is -2.58. The SMILES string of the molecule is CC(C)CC(CCl)NC(=O)C12CC3CC(CC(C)(C3)C1)C2. The van der Waals surface area contributed by atoms with Crippen LogP contribution in [0.1, 0.15) is 65.7 Å². The molecule has 4 bridgehead atoms. The zero-order valence-corrected chi connectivity index (χ0v) is 14.5. The molecule has 0 spiro atoms. The Balaban J connectivity index is 1.72. The molecule has 2 nitrogen and oxygen atoms in total. The fourth-order valence-corrected chi connectivity index (χ4v) is 6.26. The molecule has 0 aliphatic heterocycles. The quantitative estimate of drug-likeness (QED) is 0.751. The third-order valence-electron chi connectivity index (χ3n) is 6.11. The number of halogens is 1. The van der Waals surface area contributed by atoms with Crippen molar-refractivity contribution < 1.29 is 4.79 Å². The predicted octanol–water partition coefficient (Wildman–Crippen LogP) is 4.36. The van der Waals surface area contributed by atoms with E-state index in [1.165, 1.54) is 19.3 Å². The van der Waals surface area contributed by atoms with Crippen LogP contribution in [0, 0.1) is 28.6 Å². The zero-order chi connectivity index (χ0) is 15.3. The maximum absolute atomic E-state index is 13.0. The molecule has 4 aliphatic carbocycles. The van der Waals surface area contributed by atoms with Gasteiger partial charge in [-0.05, 0) is 68.1 Å². The minimum absolute atomic E-state index is 0.0693. The van der Waals surface area contributed by atoms with Crippen LogP contribution in [-0.2, 0) is 4.79 Å². The van der Waals surface area contributed by atoms with Gasteiger partial charge in [0.2, 0.25) is 5.91 Å². The average molecular weight is 312 g/mol. The van der Waals surface area contributed by atoms with Gasteiger partial charge in [0.15, 0.2) is 0 Å². The van der Waals surface area contributed by atoms with Crippen molar-refractivity contribution in [1.82, 2.24) is 5.32 Å². The van der Waals surface area contributed by atoms with Gasteiger partial charge in [0.1, 0.15) is 0 Å². The van der Waals surface area contributed by atoms with Crippen molar-refractivity contribution in [3.63, 3.8) is 0 Å². The van der Waals surface area contributed by atoms with E-state index in [9.17, 15) is 4.79 Å². The molecule has 0 aromatic rings. The second-order valence-corrected chi connectivity index (χ2v) is 9.31. The smallest absolute Gasteiger partial charge is 0.226 e. The van der Waals surface area contributed by atoms with E-state index >= 15 is 0 Å². The number of alkyl halides is 1. The summed E-state index contributed by atoms with van der Waals surface area (Å²) in [5.74, 6) is 3.00. The summed E-state index contributed by atoms with van der Waals surface area (Å²) in [6, 6.07) is 0.139. The Morgan fingerprint density at radius 1 is 1.24 bits per heavy atom. The highest BCUT2D eigenvalue weighted by molar-refractivity contribution is 6.18. The summed E-state index contributed by atoms with van der Waals surface area (Å²) in [6.07, 6.45) is 8.41. The topological polar surface area (TPSA) is 29.1 Å². The van der Waals surface area contributed by atoms with Gasteiger partial charge >= 0.3 is 0 Å². The van der Waals surface area contributed by atoms with Gasteiger partial charge in [-0.1, -0.05) is 20.8 Å². The molecule has 4 fully saturated rings. The fraction of sp³-hybridized carbons (Fsp3) is 0.944. The Kier molecular flexibility index (Phi) is 4.05. The van der Waals surface area contributed by atoms with Crippen molar-refractivity contribution in [2.75, 3.05) is 5.88 Å². The first kappa shape index (κ1) is 15.6. The van der Waals surface area contributed by atoms with E-state index in [4.69, 9.17) is 11.6 Å². The molecule has 0 heterocycles. The summed E-state index contributed by atoms with van der Waals surface area (Å²) < 4.78 is 0. The molecule has 1 N–H and O–H groups in total. The van der Waals surface area contributed by atoms with Crippen LogP contribution in [0.2, 0.25) is 0 Å². The van der Waals surface area contributed by atoms with E-state index in [2.05, 4.69) is 26.1 Å². The van der Waals surface area contributed by atoms with Crippen LogP contribution in [0.5, 0.6) is 0 Å². The van der Waals surface area contributed by atoms with Crippen molar-refractivity contribution in [3.05, 3.63) is 0 Å². The normalized spacial score (nSPS) is 42.3. The van der Waals surface area contributed by atoms with Gasteiger partial charge in [-0.3, -0.25) is 4.79 Å². The first-order valence-corrected chi connectivity index (χ1v) is 9.24. The molecule has 0 radical (unpaired) electrons. The molecule has 0 aromatic heterocycles. The first-order valence-electron chi connectivity index (χ1n) is 8.71. The van der Waals surface area contributed by atoms with E-state index in [0.717, 1.165) is 37.5 Å². The minimum Gasteiger partial charge on any atom is -0.352 e. The minimum atomic E-state index is -0.0693. The summed E-state index contributed by atoms with van der Waals surface area (Å²) in [5.41, 5.74) is 0.357. The van der Waals surface area contributed by atoms with Gasteiger partial charge in [-0.2, -0.15) is 0 Å². The van der Waals surface area contributed by atoms with Gasteiger partial charge in [-0.25, -0.2) is 0 Å². The number of carbonyl (C=O) groups is 1. The molecular weight excluding hydrogens is 282 g/mol. The molecule has 3 unspecified atom stereocenters. The number of rotatable bonds is 5. The molecule has 3 heteroatoms. The predicted molar refractivity (Wildman–Crippen MR) is 87.3 cm³/mol. The lowest BCUT2D eigenvalue weighted by Gasteiger charge is -2.60. The first-order chi connectivity index (χ1) is 9.84. The molecule has 21 heavy (non-hydrogen) atoms. The Morgan fingerprint density at radius 3 is 2.33 bits per heavy atom. The lowest BCUT2D eigenvalue weighted by atomic mass is 9.44. The van der Waals surface area contributed by atoms with Crippen LogP contribution in [-0.4, -0.2) is 17.8 Å². The van der Waals surface area contributed by atoms with Crippen LogP contribution in [0.3, 0.4) is 0 Å². The number of hydrogen-bond acceptors (Lipinski definition) is 1. The number of hydrogen-bond donors (Lipinski definition) is 1. The summed E-state index contributed by atoms with van der Waals surface area (Å²) in [4.78, 5) is 13.0. The molecule has 4 saturated carbocycles. The lowest BCUT2D eigenvalue weighted by molar-refractivity contribution is -0.156. The maximum Gasteiger partial charge on any atom is 0.226 e. The fourth-order valence-electron chi connectivity index (χ4n) is 6.05. The molecule has 4 rings (SSSR count). The van der Waals surface area contributed by atoms with E-state index in [0.29, 0.717) is 23.1 Å². The van der Waals surface area contributed by atoms with Gasteiger partial charge in [-0.15, -0.1) is 11.6 Å². The highest BCUT2D eigenvalue weighted by Crippen LogP contribution is 2.65. The van der Waals surface area contributed by atoms with E-state index in [1.54, 1.807) is 0 Å². The van der Waals surface area contributed by atoms with Crippen molar-refractivity contribution in [3.8, 4) is 0 Å². The van der Waals surface area contributed by atoms with Crippen LogP contribution in [0.4, 0.5) is 0 Å². The highest BCUT2D eigenvalue weighted by atomic mass is 35.5. The van der Waals surface area contributed by atoms with Crippen LogP contribution in [0.25, 0.3) is 0 Å². The third kappa shape index (κ3) is 2.98. The molecule has 4 aliphatic rings. The molecule has 120 valence electrons. The molecule has 0 saturated heterocycles. The van der Waals surface area contributed by atoms with Gasteiger partial charge in [0.25, 0.3) is 0 Å². The standard InChI is InChI=1S/C18H30ClNO/c1-12(2)4-15(10-19)20-16(21)18-8-13-5-14(9-18)7-17(3,6-13)11-18/h12-15H,4-11H2,1-3H3,(H,20,21). The average Bonchev–Trinajstić information content (AvgIpc) is 2.34. The van der Waals surface area contributed by atoms with E-state index < -0.39 is 0 Å². The van der Waals surface area contributed by atoms with Crippen LogP contribution >= 0.6 is 11.6 Å². The van der Waals surface area contributed by atoms with Crippen molar-refractivity contribution >= 4 is 17.5 Å². The zero-order valence-electron chi connectivity index (χ0n) is 13.8. The summed E-state index contributed by atoms with van der Waals surface area (Å²) in [5, 5.41) is 3.30. The van der Waals surface area contributed by atoms with Crippen LogP contribution in [0.15, 0.2) is 0 Å². The number of nitrogens with one attached hydrogen (secondary N) is 1. The maximum atomic E-state index is 13.0. The van der Waals surface area contributed by atoms with E-state index in [-0.39, 0.29) is 11.5 Å². The Labute approximate surface area is 134 Å². The monoisotopic (exact) mass is 311 g/mol. The van der Waals surface area contributed by atoms with Gasteiger partial charge < -0.3 is 5.32 Å². The molecular formula is C18H30ClNO. The summed E-state index contributed by atoms with van der Waals surface area (Å²) in [6.45, 7) is 6.80. The second-order valence-electron chi connectivity index (χ2n) is 9.01. The Morgan fingerprint density at radius 2 is 1.86 bits per heavy atom. The molecule has 0 aromatic carbocycles. The summed E-state index contributed by atoms with van der Waals surface area (Å²) >= 11 is 6.08. The van der Waals surface area contributed by atoms with Crippen molar-refractivity contribution in [2.24, 2.45) is 28.6 Å². The van der Waals surface area contributed by atoms with Crippen LogP contribution < -0.4 is 5.32 Å². The van der Waals surface area contributed by atoms with Gasteiger partial charge in [0, 0.05) is 11.9 Å². The second kappa shape index (κ2) is 5.44. The van der Waals surface area contributed by atoms with Gasteiger partial charge in [0.05, 0.1) is 5.41 Å². The Bertz CT molecular complexity index is 405. The number of carbonyl (C=O) groups excluding carboxylic acids is 1. The highest BCUT2D eigenvalue weighted by Gasteiger charge is 2.58. The summed E-state index contributed by atoms with van der Waals surface area (Å²) in [7, 11) is 0. The number of amides is 1. The molecule has 3 atom stereocenters. The molecule has 1 amide bonds.